The number of benzene rings is 1. The summed E-state index contributed by atoms with van der Waals surface area (Å²) in [6.07, 6.45) is 9.93. The van der Waals surface area contributed by atoms with E-state index in [2.05, 4.69) is 45.6 Å². The lowest BCUT2D eigenvalue weighted by molar-refractivity contribution is -0.125. The lowest BCUT2D eigenvalue weighted by Gasteiger charge is -2.15. The third-order valence-corrected chi connectivity index (χ3v) is 6.54. The van der Waals surface area contributed by atoms with Crippen molar-refractivity contribution in [1.29, 1.82) is 0 Å². The van der Waals surface area contributed by atoms with Crippen molar-refractivity contribution < 1.29 is 9.59 Å². The summed E-state index contributed by atoms with van der Waals surface area (Å²) in [5.74, 6) is 1.15. The molecule has 6 heteroatoms. The zero-order chi connectivity index (χ0) is 23.5. The molecule has 1 N–H and O–H groups in total. The molecule has 1 aliphatic carbocycles. The first kappa shape index (κ1) is 21.8. The molecule has 0 bridgehead atoms. The Balaban J connectivity index is 1.19. The molecule has 3 heterocycles. The lowest BCUT2D eigenvalue weighted by Crippen LogP contribution is -2.27. The van der Waals surface area contributed by atoms with Gasteiger partial charge >= 0.3 is 0 Å². The van der Waals surface area contributed by atoms with Crippen molar-refractivity contribution in [3.63, 3.8) is 0 Å². The number of aryl methyl sites for hydroxylation is 1. The van der Waals surface area contributed by atoms with Crippen LogP contribution in [0.4, 0.5) is 5.82 Å². The van der Waals surface area contributed by atoms with Gasteiger partial charge in [0.15, 0.2) is 0 Å². The predicted molar refractivity (Wildman–Crippen MR) is 133 cm³/mol. The molecule has 34 heavy (non-hydrogen) atoms. The molecule has 6 nitrogen and oxygen atoms in total. The molecule has 170 valence electrons. The molecule has 3 aromatic rings. The molecule has 1 fully saturated rings. The molecule has 1 saturated heterocycles. The predicted octanol–water partition coefficient (Wildman–Crippen LogP) is 4.61. The number of carbonyl (C=O) groups is 2. The highest BCUT2D eigenvalue weighted by atomic mass is 16.2. The summed E-state index contributed by atoms with van der Waals surface area (Å²) in [6, 6.07) is 17.5. The smallest absolute Gasteiger partial charge is 0.258 e. The monoisotopic (exact) mass is 450 g/mol. The Bertz CT molecular complexity index is 1270. The van der Waals surface area contributed by atoms with Crippen molar-refractivity contribution in [3.8, 4) is 0 Å². The van der Waals surface area contributed by atoms with E-state index in [0.717, 1.165) is 30.8 Å². The van der Waals surface area contributed by atoms with Crippen molar-refractivity contribution >= 4 is 29.3 Å². The Morgan fingerprint density at radius 2 is 1.91 bits per heavy atom. The summed E-state index contributed by atoms with van der Waals surface area (Å²) in [5, 5.41) is 2.78. The Kier molecular flexibility index (Phi) is 6.04. The van der Waals surface area contributed by atoms with Gasteiger partial charge in [-0.05, 0) is 72.2 Å². The van der Waals surface area contributed by atoms with E-state index in [1.807, 2.05) is 24.0 Å². The van der Waals surface area contributed by atoms with E-state index in [4.69, 9.17) is 0 Å². The van der Waals surface area contributed by atoms with Gasteiger partial charge in [-0.25, -0.2) is 4.98 Å². The first-order valence-electron chi connectivity index (χ1n) is 11.5. The highest BCUT2D eigenvalue weighted by molar-refractivity contribution is 6.03. The molecule has 0 spiro atoms. The molecule has 2 unspecified atom stereocenters. The molecule has 5 rings (SSSR count). The number of allylic oxidation sites excluding steroid dienone is 1. The number of fused-ring (bicyclic) bond motifs is 1. The van der Waals surface area contributed by atoms with Crippen LogP contribution < -0.4 is 5.32 Å². The highest BCUT2D eigenvalue weighted by Gasteiger charge is 2.37. The van der Waals surface area contributed by atoms with Gasteiger partial charge in [-0.3, -0.25) is 14.6 Å². The van der Waals surface area contributed by atoms with Crippen LogP contribution in [0.15, 0.2) is 79.1 Å². The highest BCUT2D eigenvalue weighted by Crippen LogP contribution is 2.40. The fourth-order valence-electron chi connectivity index (χ4n) is 4.73. The number of nitrogens with zero attached hydrogens (tertiary/aromatic N) is 3. The standard InChI is InChI=1S/C28H26N4O2/c1-19-20(9-11-26(30-19)31-28(34)22-8-5-13-29-16-22)10-12-27(33)32-17-24-14-23(15-25(24)18-32)21-6-3-2-4-7-21/h2-14,16,24-25H,15,17-18H2,1H3,(H,30,31,34). The number of likely N-dealkylation sites (tertiary alicyclic amines) is 1. The SMILES string of the molecule is Cc1nc(NC(=O)c2cccnc2)ccc1C=CC(=O)N1CC2C=C(c3ccccc3)CC2C1. The lowest BCUT2D eigenvalue weighted by atomic mass is 9.98. The molecule has 2 aromatic heterocycles. The largest absolute Gasteiger partial charge is 0.338 e. The molecular weight excluding hydrogens is 424 g/mol. The maximum atomic E-state index is 12.8. The van der Waals surface area contributed by atoms with Gasteiger partial charge in [-0.15, -0.1) is 0 Å². The van der Waals surface area contributed by atoms with Crippen LogP contribution in [0.25, 0.3) is 11.6 Å². The molecule has 2 aliphatic rings. The maximum Gasteiger partial charge on any atom is 0.258 e. The van der Waals surface area contributed by atoms with Gasteiger partial charge in [0.1, 0.15) is 5.82 Å². The number of nitrogens with one attached hydrogen (secondary N) is 1. The summed E-state index contributed by atoms with van der Waals surface area (Å²) in [5.41, 5.74) is 4.74. The fourth-order valence-corrected chi connectivity index (χ4v) is 4.73. The number of aromatic nitrogens is 2. The molecule has 0 radical (unpaired) electrons. The quantitative estimate of drug-likeness (QED) is 0.576. The molecule has 1 aliphatic heterocycles. The summed E-state index contributed by atoms with van der Waals surface area (Å²) < 4.78 is 0. The normalized spacial score (nSPS) is 19.2. The molecule has 1 aromatic carbocycles. The molecular formula is C28H26N4O2. The van der Waals surface area contributed by atoms with Crippen LogP contribution in [0.2, 0.25) is 0 Å². The van der Waals surface area contributed by atoms with Gasteiger partial charge in [-0.2, -0.15) is 0 Å². The summed E-state index contributed by atoms with van der Waals surface area (Å²) in [6.45, 7) is 3.41. The zero-order valence-electron chi connectivity index (χ0n) is 19.0. The van der Waals surface area contributed by atoms with Crippen molar-refractivity contribution in [2.45, 2.75) is 13.3 Å². The number of rotatable bonds is 5. The van der Waals surface area contributed by atoms with E-state index in [0.29, 0.717) is 23.2 Å². The maximum absolute atomic E-state index is 12.8. The summed E-state index contributed by atoms with van der Waals surface area (Å²) >= 11 is 0. The number of anilines is 1. The van der Waals surface area contributed by atoms with E-state index < -0.39 is 0 Å². The van der Waals surface area contributed by atoms with E-state index in [1.165, 1.54) is 17.3 Å². The molecule has 2 atom stereocenters. The van der Waals surface area contributed by atoms with Crippen LogP contribution in [0.1, 0.15) is 33.6 Å². The van der Waals surface area contributed by atoms with Crippen LogP contribution >= 0.6 is 0 Å². The third kappa shape index (κ3) is 4.66. The van der Waals surface area contributed by atoms with Crippen molar-refractivity contribution in [2.24, 2.45) is 11.8 Å². The number of hydrogen-bond acceptors (Lipinski definition) is 4. The Morgan fingerprint density at radius 3 is 2.65 bits per heavy atom. The van der Waals surface area contributed by atoms with E-state index in [9.17, 15) is 9.59 Å². The molecule has 0 saturated carbocycles. The minimum Gasteiger partial charge on any atom is -0.338 e. The van der Waals surface area contributed by atoms with Gasteiger partial charge in [-0.1, -0.05) is 36.4 Å². The van der Waals surface area contributed by atoms with Gasteiger partial charge in [0.05, 0.1) is 5.56 Å². The average Bonchev–Trinajstić information content (AvgIpc) is 3.44. The Hall–Kier alpha value is -4.06. The average molecular weight is 451 g/mol. The first-order valence-corrected chi connectivity index (χ1v) is 11.5. The van der Waals surface area contributed by atoms with Crippen molar-refractivity contribution in [1.82, 2.24) is 14.9 Å². The van der Waals surface area contributed by atoms with Gasteiger partial charge in [0, 0.05) is 37.3 Å². The third-order valence-electron chi connectivity index (χ3n) is 6.54. The van der Waals surface area contributed by atoms with E-state index in [1.54, 1.807) is 36.5 Å². The number of pyridine rings is 2. The number of carbonyl (C=O) groups excluding carboxylic acids is 2. The van der Waals surface area contributed by atoms with Gasteiger partial charge in [0.25, 0.3) is 5.91 Å². The summed E-state index contributed by atoms with van der Waals surface area (Å²) in [7, 11) is 0. The summed E-state index contributed by atoms with van der Waals surface area (Å²) in [4.78, 5) is 35.5. The Morgan fingerprint density at radius 1 is 1.06 bits per heavy atom. The van der Waals surface area contributed by atoms with Crippen LogP contribution in [-0.4, -0.2) is 39.8 Å². The number of amides is 2. The second kappa shape index (κ2) is 9.43. The first-order chi connectivity index (χ1) is 16.6. The van der Waals surface area contributed by atoms with E-state index in [-0.39, 0.29) is 11.8 Å². The van der Waals surface area contributed by atoms with Gasteiger partial charge in [0.2, 0.25) is 5.91 Å². The van der Waals surface area contributed by atoms with Crippen molar-refractivity contribution in [2.75, 3.05) is 18.4 Å². The Labute approximate surface area is 199 Å². The molecule has 2 amide bonds. The van der Waals surface area contributed by atoms with Gasteiger partial charge < -0.3 is 10.2 Å². The van der Waals surface area contributed by atoms with Crippen LogP contribution in [0.5, 0.6) is 0 Å². The van der Waals surface area contributed by atoms with Crippen LogP contribution in [-0.2, 0) is 4.79 Å². The fraction of sp³-hybridized carbons (Fsp3) is 0.214. The topological polar surface area (TPSA) is 75.2 Å². The van der Waals surface area contributed by atoms with Crippen LogP contribution in [0, 0.1) is 18.8 Å². The number of hydrogen-bond donors (Lipinski definition) is 1. The van der Waals surface area contributed by atoms with E-state index >= 15 is 0 Å². The van der Waals surface area contributed by atoms with Crippen LogP contribution in [0.3, 0.4) is 0 Å². The minimum absolute atomic E-state index is 0.0254. The minimum atomic E-state index is -0.262. The van der Waals surface area contributed by atoms with Crippen molar-refractivity contribution in [3.05, 3.63) is 102 Å². The second-order valence-electron chi connectivity index (χ2n) is 8.83. The zero-order valence-corrected chi connectivity index (χ0v) is 19.0. The second-order valence-corrected chi connectivity index (χ2v) is 8.83.